The van der Waals surface area contributed by atoms with E-state index in [0.29, 0.717) is 25.5 Å². The first-order valence-corrected chi connectivity index (χ1v) is 5.86. The van der Waals surface area contributed by atoms with Gasteiger partial charge < -0.3 is 19.2 Å². The molecule has 17 heavy (non-hydrogen) atoms. The number of aliphatic hydroxyl groups excluding tert-OH is 1. The normalized spacial score (nSPS) is 17.4. The van der Waals surface area contributed by atoms with Crippen LogP contribution in [0.4, 0.5) is 0 Å². The first-order valence-electron chi connectivity index (χ1n) is 5.86. The van der Waals surface area contributed by atoms with Crippen LogP contribution < -0.4 is 0 Å². The summed E-state index contributed by atoms with van der Waals surface area (Å²) in [5.41, 5.74) is 0. The molecule has 1 fully saturated rings. The van der Waals surface area contributed by atoms with Gasteiger partial charge in [-0.3, -0.25) is 4.79 Å². The van der Waals surface area contributed by atoms with Crippen LogP contribution in [-0.4, -0.2) is 48.3 Å². The molecule has 1 saturated heterocycles. The van der Waals surface area contributed by atoms with Gasteiger partial charge in [0.05, 0.1) is 25.6 Å². The molecule has 0 unspecified atom stereocenters. The summed E-state index contributed by atoms with van der Waals surface area (Å²) in [7, 11) is 0. The molecule has 5 heteroatoms. The standard InChI is InChI=1S/C12H17NO4/c14-7-9-16-10-3-5-13(6-4-10)12(15)11-2-1-8-17-11/h1-2,8,10,14H,3-7,9H2. The molecule has 94 valence electrons. The molecule has 1 amide bonds. The van der Waals surface area contributed by atoms with E-state index in [0.717, 1.165) is 12.8 Å². The Morgan fingerprint density at radius 1 is 1.53 bits per heavy atom. The Bertz CT molecular complexity index is 341. The Hall–Kier alpha value is -1.33. The summed E-state index contributed by atoms with van der Waals surface area (Å²) in [6.07, 6.45) is 3.28. The number of likely N-dealkylation sites (tertiary alicyclic amines) is 1. The van der Waals surface area contributed by atoms with Crippen molar-refractivity contribution in [1.82, 2.24) is 4.90 Å². The van der Waals surface area contributed by atoms with Crippen molar-refractivity contribution < 1.29 is 19.1 Å². The van der Waals surface area contributed by atoms with Gasteiger partial charge in [-0.1, -0.05) is 0 Å². The quantitative estimate of drug-likeness (QED) is 0.847. The molecule has 1 aliphatic rings. The molecule has 2 heterocycles. The predicted molar refractivity (Wildman–Crippen MR) is 60.7 cm³/mol. The van der Waals surface area contributed by atoms with E-state index in [1.165, 1.54) is 6.26 Å². The number of furan rings is 1. The van der Waals surface area contributed by atoms with Gasteiger partial charge in [-0.05, 0) is 25.0 Å². The average molecular weight is 239 g/mol. The molecular formula is C12H17NO4. The van der Waals surface area contributed by atoms with Gasteiger partial charge in [-0.2, -0.15) is 0 Å². The van der Waals surface area contributed by atoms with Crippen molar-refractivity contribution in [3.8, 4) is 0 Å². The molecule has 0 spiro atoms. The fourth-order valence-corrected chi connectivity index (χ4v) is 2.00. The van der Waals surface area contributed by atoms with Gasteiger partial charge in [-0.25, -0.2) is 0 Å². The van der Waals surface area contributed by atoms with Crippen molar-refractivity contribution in [2.24, 2.45) is 0 Å². The first-order chi connectivity index (χ1) is 8.31. The molecule has 0 radical (unpaired) electrons. The Labute approximate surface area is 100.0 Å². The summed E-state index contributed by atoms with van der Waals surface area (Å²) in [4.78, 5) is 13.7. The maximum Gasteiger partial charge on any atom is 0.289 e. The lowest BCUT2D eigenvalue weighted by molar-refractivity contribution is -0.00608. The van der Waals surface area contributed by atoms with Gasteiger partial charge in [0.2, 0.25) is 0 Å². The smallest absolute Gasteiger partial charge is 0.289 e. The van der Waals surface area contributed by atoms with Crippen LogP contribution in [0.1, 0.15) is 23.4 Å². The van der Waals surface area contributed by atoms with Gasteiger partial charge >= 0.3 is 0 Å². The zero-order chi connectivity index (χ0) is 12.1. The summed E-state index contributed by atoms with van der Waals surface area (Å²) in [6.45, 7) is 1.77. The van der Waals surface area contributed by atoms with E-state index in [4.69, 9.17) is 14.3 Å². The molecule has 0 aromatic carbocycles. The largest absolute Gasteiger partial charge is 0.459 e. The third-order valence-electron chi connectivity index (χ3n) is 2.91. The Kier molecular flexibility index (Phi) is 4.17. The number of hydrogen-bond acceptors (Lipinski definition) is 4. The number of carbonyl (C=O) groups excluding carboxylic acids is 1. The molecule has 5 nitrogen and oxygen atoms in total. The van der Waals surface area contributed by atoms with Crippen LogP contribution in [0.3, 0.4) is 0 Å². The maximum absolute atomic E-state index is 11.9. The minimum atomic E-state index is -0.0596. The highest BCUT2D eigenvalue weighted by molar-refractivity contribution is 5.91. The number of nitrogens with zero attached hydrogens (tertiary/aromatic N) is 1. The zero-order valence-corrected chi connectivity index (χ0v) is 9.67. The van der Waals surface area contributed by atoms with Crippen molar-refractivity contribution in [2.75, 3.05) is 26.3 Å². The topological polar surface area (TPSA) is 62.9 Å². The van der Waals surface area contributed by atoms with E-state index >= 15 is 0 Å². The summed E-state index contributed by atoms with van der Waals surface area (Å²) in [6, 6.07) is 3.39. The second-order valence-corrected chi connectivity index (χ2v) is 4.06. The molecule has 0 aliphatic carbocycles. The second-order valence-electron chi connectivity index (χ2n) is 4.06. The number of piperidine rings is 1. The van der Waals surface area contributed by atoms with E-state index in [2.05, 4.69) is 0 Å². The second kappa shape index (κ2) is 5.84. The van der Waals surface area contributed by atoms with Crippen LogP contribution in [0.15, 0.2) is 22.8 Å². The summed E-state index contributed by atoms with van der Waals surface area (Å²) in [5.74, 6) is 0.329. The van der Waals surface area contributed by atoms with Crippen LogP contribution in [0, 0.1) is 0 Å². The SMILES string of the molecule is O=C(c1ccco1)N1CCC(OCCO)CC1. The van der Waals surface area contributed by atoms with Crippen molar-refractivity contribution >= 4 is 5.91 Å². The van der Waals surface area contributed by atoms with Crippen LogP contribution in [0.5, 0.6) is 0 Å². The van der Waals surface area contributed by atoms with Gasteiger partial charge in [0.1, 0.15) is 0 Å². The van der Waals surface area contributed by atoms with Gasteiger partial charge in [0.25, 0.3) is 5.91 Å². The lowest BCUT2D eigenvalue weighted by Gasteiger charge is -2.31. The van der Waals surface area contributed by atoms with Gasteiger partial charge in [0, 0.05) is 13.1 Å². The van der Waals surface area contributed by atoms with E-state index in [1.54, 1.807) is 17.0 Å². The highest BCUT2D eigenvalue weighted by Crippen LogP contribution is 2.16. The summed E-state index contributed by atoms with van der Waals surface area (Å²) < 4.78 is 10.5. The lowest BCUT2D eigenvalue weighted by Crippen LogP contribution is -2.41. The fraction of sp³-hybridized carbons (Fsp3) is 0.583. The minimum absolute atomic E-state index is 0.0472. The predicted octanol–water partition coefficient (Wildman–Crippen LogP) is 0.893. The van der Waals surface area contributed by atoms with Gasteiger partial charge in [-0.15, -0.1) is 0 Å². The molecular weight excluding hydrogens is 222 g/mol. The molecule has 0 saturated carbocycles. The third-order valence-corrected chi connectivity index (χ3v) is 2.91. The molecule has 1 aromatic rings. The maximum atomic E-state index is 11.9. The number of amides is 1. The van der Waals surface area contributed by atoms with E-state index in [-0.39, 0.29) is 18.6 Å². The third kappa shape index (κ3) is 3.08. The van der Waals surface area contributed by atoms with E-state index in [9.17, 15) is 4.79 Å². The molecule has 2 rings (SSSR count). The van der Waals surface area contributed by atoms with Crippen LogP contribution in [-0.2, 0) is 4.74 Å². The van der Waals surface area contributed by atoms with Crippen molar-refractivity contribution in [2.45, 2.75) is 18.9 Å². The van der Waals surface area contributed by atoms with Crippen LogP contribution in [0.2, 0.25) is 0 Å². The molecule has 0 bridgehead atoms. The number of carbonyl (C=O) groups is 1. The van der Waals surface area contributed by atoms with Gasteiger partial charge in [0.15, 0.2) is 5.76 Å². The average Bonchev–Trinajstić information content (AvgIpc) is 2.90. The first kappa shape index (κ1) is 12.1. The van der Waals surface area contributed by atoms with Crippen molar-refractivity contribution in [3.05, 3.63) is 24.2 Å². The highest BCUT2D eigenvalue weighted by atomic mass is 16.5. The molecule has 1 N–H and O–H groups in total. The Morgan fingerprint density at radius 2 is 2.29 bits per heavy atom. The summed E-state index contributed by atoms with van der Waals surface area (Å²) in [5, 5.41) is 8.66. The van der Waals surface area contributed by atoms with Crippen molar-refractivity contribution in [1.29, 1.82) is 0 Å². The van der Waals surface area contributed by atoms with E-state index in [1.807, 2.05) is 0 Å². The Balaban J connectivity index is 1.81. The van der Waals surface area contributed by atoms with E-state index < -0.39 is 0 Å². The number of rotatable bonds is 4. The summed E-state index contributed by atoms with van der Waals surface area (Å²) >= 11 is 0. The zero-order valence-electron chi connectivity index (χ0n) is 9.67. The molecule has 0 atom stereocenters. The number of hydrogen-bond donors (Lipinski definition) is 1. The molecule has 1 aromatic heterocycles. The van der Waals surface area contributed by atoms with Crippen LogP contribution in [0.25, 0.3) is 0 Å². The fourth-order valence-electron chi connectivity index (χ4n) is 2.00. The van der Waals surface area contributed by atoms with Crippen LogP contribution >= 0.6 is 0 Å². The molecule has 1 aliphatic heterocycles. The monoisotopic (exact) mass is 239 g/mol. The lowest BCUT2D eigenvalue weighted by atomic mass is 10.1. The highest BCUT2D eigenvalue weighted by Gasteiger charge is 2.25. The minimum Gasteiger partial charge on any atom is -0.459 e. The van der Waals surface area contributed by atoms with Crippen molar-refractivity contribution in [3.63, 3.8) is 0 Å². The Morgan fingerprint density at radius 3 is 2.88 bits per heavy atom. The number of aliphatic hydroxyl groups is 1. The number of ether oxygens (including phenoxy) is 1.